The lowest BCUT2D eigenvalue weighted by Crippen LogP contribution is -2.22. The maximum absolute atomic E-state index is 13.9. The van der Waals surface area contributed by atoms with Crippen LogP contribution in [0.1, 0.15) is 23.0 Å². The first-order valence-corrected chi connectivity index (χ1v) is 11.3. The van der Waals surface area contributed by atoms with Crippen LogP contribution >= 0.6 is 0 Å². The van der Waals surface area contributed by atoms with Gasteiger partial charge in [0.25, 0.3) is 5.56 Å². The van der Waals surface area contributed by atoms with Crippen molar-refractivity contribution in [1.29, 1.82) is 0 Å². The summed E-state index contributed by atoms with van der Waals surface area (Å²) in [5.74, 6) is -1.29. The molecular weight excluding hydrogens is 452 g/mol. The summed E-state index contributed by atoms with van der Waals surface area (Å²) in [6, 6.07) is 24.1. The normalized spacial score (nSPS) is 11.2. The van der Waals surface area contributed by atoms with E-state index in [2.05, 4.69) is 21.8 Å². The van der Waals surface area contributed by atoms with Crippen molar-refractivity contribution in [3.63, 3.8) is 0 Å². The zero-order valence-corrected chi connectivity index (χ0v) is 19.5. The summed E-state index contributed by atoms with van der Waals surface area (Å²) < 4.78 is 1.32. The minimum absolute atomic E-state index is 0.0122. The van der Waals surface area contributed by atoms with Crippen LogP contribution in [0.25, 0.3) is 45.2 Å². The van der Waals surface area contributed by atoms with E-state index in [1.165, 1.54) is 4.52 Å². The first-order valence-electron chi connectivity index (χ1n) is 11.3. The molecule has 36 heavy (non-hydrogen) atoms. The number of H-pyrrole nitrogens is 1. The SMILES string of the molecule is C=Nc1ccc(-c2c(C(=O)O)nc3c(-c4ccccc4)c(-c4ccccc4)[nH]n3c2=O)cc1/C=C\C. The molecule has 0 saturated heterocycles. The third kappa shape index (κ3) is 3.82. The number of aromatic amines is 1. The first-order chi connectivity index (χ1) is 17.5. The Labute approximate surface area is 206 Å². The van der Waals surface area contributed by atoms with Gasteiger partial charge < -0.3 is 5.11 Å². The van der Waals surface area contributed by atoms with Crippen molar-refractivity contribution >= 4 is 30.1 Å². The van der Waals surface area contributed by atoms with Gasteiger partial charge >= 0.3 is 5.97 Å². The molecule has 0 atom stereocenters. The minimum atomic E-state index is -1.29. The molecule has 3 aromatic carbocycles. The van der Waals surface area contributed by atoms with Gasteiger partial charge in [0, 0.05) is 11.1 Å². The smallest absolute Gasteiger partial charge is 0.355 e. The van der Waals surface area contributed by atoms with E-state index in [0.717, 1.165) is 11.1 Å². The summed E-state index contributed by atoms with van der Waals surface area (Å²) in [5.41, 5.74) is 4.13. The Hall–Kier alpha value is -5.04. The molecule has 0 spiro atoms. The Balaban J connectivity index is 1.88. The Morgan fingerprint density at radius 3 is 2.25 bits per heavy atom. The molecule has 2 aromatic heterocycles. The number of benzene rings is 3. The largest absolute Gasteiger partial charge is 0.476 e. The average molecular weight is 475 g/mol. The molecule has 0 aliphatic rings. The summed E-state index contributed by atoms with van der Waals surface area (Å²) in [6.07, 6.45) is 3.66. The fourth-order valence-electron chi connectivity index (χ4n) is 4.35. The molecule has 0 unspecified atom stereocenters. The van der Waals surface area contributed by atoms with Crippen molar-refractivity contribution in [3.8, 4) is 33.5 Å². The van der Waals surface area contributed by atoms with Crippen LogP contribution in [-0.2, 0) is 0 Å². The lowest BCUT2D eigenvalue weighted by molar-refractivity contribution is 0.0691. The number of carboxylic acids is 1. The van der Waals surface area contributed by atoms with Crippen molar-refractivity contribution in [2.24, 2.45) is 4.99 Å². The second kappa shape index (κ2) is 9.31. The molecule has 2 heterocycles. The summed E-state index contributed by atoms with van der Waals surface area (Å²) in [6.45, 7) is 5.45. The predicted molar refractivity (Wildman–Crippen MR) is 143 cm³/mol. The van der Waals surface area contributed by atoms with Crippen LogP contribution < -0.4 is 5.56 Å². The highest BCUT2D eigenvalue weighted by atomic mass is 16.4. The number of fused-ring (bicyclic) bond motifs is 1. The molecule has 7 nitrogen and oxygen atoms in total. The summed E-state index contributed by atoms with van der Waals surface area (Å²) in [4.78, 5) is 34.8. The number of carboxylic acid groups (broad SMARTS) is 1. The van der Waals surface area contributed by atoms with Crippen molar-refractivity contribution in [3.05, 3.63) is 107 Å². The maximum atomic E-state index is 13.9. The van der Waals surface area contributed by atoms with Gasteiger partial charge in [-0.3, -0.25) is 14.9 Å². The molecule has 176 valence electrons. The molecule has 0 fully saturated rings. The number of nitrogens with one attached hydrogen (secondary N) is 1. The number of carbonyl (C=O) groups is 1. The zero-order valence-electron chi connectivity index (χ0n) is 19.5. The van der Waals surface area contributed by atoms with E-state index in [9.17, 15) is 14.7 Å². The number of allylic oxidation sites excluding steroid dienone is 1. The van der Waals surface area contributed by atoms with E-state index in [1.807, 2.05) is 79.7 Å². The maximum Gasteiger partial charge on any atom is 0.355 e. The molecule has 0 bridgehead atoms. The van der Waals surface area contributed by atoms with Gasteiger partial charge in [0.2, 0.25) is 0 Å². The van der Waals surface area contributed by atoms with Crippen LogP contribution in [0.5, 0.6) is 0 Å². The van der Waals surface area contributed by atoms with Crippen LogP contribution in [-0.4, -0.2) is 32.4 Å². The number of nitrogens with zero attached hydrogens (tertiary/aromatic N) is 3. The molecule has 0 aliphatic heterocycles. The van der Waals surface area contributed by atoms with Gasteiger partial charge in [0.1, 0.15) is 0 Å². The summed E-state index contributed by atoms with van der Waals surface area (Å²) in [5, 5.41) is 13.3. The molecule has 7 heteroatoms. The van der Waals surface area contributed by atoms with Gasteiger partial charge in [0.05, 0.1) is 22.5 Å². The van der Waals surface area contributed by atoms with Crippen molar-refractivity contribution in [2.75, 3.05) is 0 Å². The van der Waals surface area contributed by atoms with E-state index in [0.29, 0.717) is 28.1 Å². The Bertz CT molecular complexity index is 1700. The van der Waals surface area contributed by atoms with Gasteiger partial charge in [-0.25, -0.2) is 9.78 Å². The van der Waals surface area contributed by atoms with Crippen LogP contribution in [0.4, 0.5) is 5.69 Å². The zero-order chi connectivity index (χ0) is 25.2. The Morgan fingerprint density at radius 2 is 1.64 bits per heavy atom. The fourth-order valence-corrected chi connectivity index (χ4v) is 4.35. The van der Waals surface area contributed by atoms with Crippen LogP contribution in [0.3, 0.4) is 0 Å². The summed E-state index contributed by atoms with van der Waals surface area (Å²) in [7, 11) is 0. The first kappa shape index (κ1) is 22.7. The lowest BCUT2D eigenvalue weighted by atomic mass is 9.99. The molecule has 0 saturated carbocycles. The van der Waals surface area contributed by atoms with Crippen molar-refractivity contribution in [1.82, 2.24) is 14.6 Å². The second-order valence-electron chi connectivity index (χ2n) is 8.13. The third-order valence-electron chi connectivity index (χ3n) is 5.94. The average Bonchev–Trinajstić information content (AvgIpc) is 3.30. The highest BCUT2D eigenvalue weighted by Gasteiger charge is 2.25. The molecule has 0 aliphatic carbocycles. The number of aromatic nitrogens is 3. The van der Waals surface area contributed by atoms with E-state index in [4.69, 9.17) is 0 Å². The number of aromatic carboxylic acids is 1. The van der Waals surface area contributed by atoms with Gasteiger partial charge in [-0.2, -0.15) is 4.52 Å². The van der Waals surface area contributed by atoms with Crippen molar-refractivity contribution < 1.29 is 9.90 Å². The standard InChI is InChI=1S/C29H22N4O3/c1-3-10-20-17-21(15-16-22(20)30-2)24-26(29(35)36)31-27-23(18-11-6-4-7-12-18)25(32-33(27)28(24)34)19-13-8-5-9-14-19/h3-17,32H,2H2,1H3,(H,35,36)/b10-3-. The number of hydrogen-bond donors (Lipinski definition) is 2. The van der Waals surface area contributed by atoms with Crippen LogP contribution in [0, 0.1) is 0 Å². The van der Waals surface area contributed by atoms with Crippen LogP contribution in [0.15, 0.2) is 94.7 Å². The van der Waals surface area contributed by atoms with E-state index in [1.54, 1.807) is 18.2 Å². The highest BCUT2D eigenvalue weighted by molar-refractivity contribution is 5.97. The molecule has 0 radical (unpaired) electrons. The molecule has 2 N–H and O–H groups in total. The van der Waals surface area contributed by atoms with Gasteiger partial charge in [-0.1, -0.05) is 78.9 Å². The van der Waals surface area contributed by atoms with E-state index < -0.39 is 11.5 Å². The minimum Gasteiger partial charge on any atom is -0.476 e. The number of hydrogen-bond acceptors (Lipinski definition) is 4. The summed E-state index contributed by atoms with van der Waals surface area (Å²) >= 11 is 0. The molecule has 0 amide bonds. The lowest BCUT2D eigenvalue weighted by Gasteiger charge is -2.09. The van der Waals surface area contributed by atoms with Gasteiger partial charge in [0.15, 0.2) is 11.3 Å². The Morgan fingerprint density at radius 1 is 0.972 bits per heavy atom. The number of aliphatic imine (C=N–C) groups is 1. The van der Waals surface area contributed by atoms with Gasteiger partial charge in [-0.15, -0.1) is 0 Å². The fraction of sp³-hybridized carbons (Fsp3) is 0.0345. The van der Waals surface area contributed by atoms with Crippen LogP contribution in [0.2, 0.25) is 0 Å². The van der Waals surface area contributed by atoms with E-state index >= 15 is 0 Å². The topological polar surface area (TPSA) is 99.8 Å². The predicted octanol–water partition coefficient (Wildman–Crippen LogP) is 6.09. The quantitative estimate of drug-likeness (QED) is 0.291. The molecule has 5 rings (SSSR count). The highest BCUT2D eigenvalue weighted by Crippen LogP contribution is 2.35. The molecule has 5 aromatic rings. The monoisotopic (exact) mass is 474 g/mol. The van der Waals surface area contributed by atoms with E-state index in [-0.39, 0.29) is 16.9 Å². The Kier molecular flexibility index (Phi) is 5.88. The molecular formula is C29H22N4O3. The van der Waals surface area contributed by atoms with Crippen molar-refractivity contribution in [2.45, 2.75) is 6.92 Å². The number of rotatable bonds is 6. The second-order valence-corrected chi connectivity index (χ2v) is 8.13. The van der Waals surface area contributed by atoms with Gasteiger partial charge in [-0.05, 0) is 36.9 Å². The third-order valence-corrected chi connectivity index (χ3v) is 5.94.